The van der Waals surface area contributed by atoms with Crippen molar-refractivity contribution < 1.29 is 9.53 Å². The molecule has 0 saturated heterocycles. The summed E-state index contributed by atoms with van der Waals surface area (Å²) in [5, 5.41) is 3.28. The van der Waals surface area contributed by atoms with Crippen LogP contribution in [0.25, 0.3) is 0 Å². The van der Waals surface area contributed by atoms with E-state index in [1.807, 2.05) is 64.0 Å². The van der Waals surface area contributed by atoms with Crippen LogP contribution in [0.2, 0.25) is 0 Å². The molecule has 0 unspecified atom stereocenters. The fourth-order valence-corrected chi connectivity index (χ4v) is 2.06. The fourth-order valence-electron chi connectivity index (χ4n) is 2.06. The molecule has 25 heavy (non-hydrogen) atoms. The Balaban J connectivity index is 0.00000576. The normalized spacial score (nSPS) is 11.4. The van der Waals surface area contributed by atoms with Crippen molar-refractivity contribution in [2.75, 3.05) is 28.2 Å². The largest absolute Gasteiger partial charge is 0.444 e. The van der Waals surface area contributed by atoms with Crippen LogP contribution < -0.4 is 5.32 Å². The third-order valence-corrected chi connectivity index (χ3v) is 3.23. The monoisotopic (exact) mass is 462 g/mol. The molecule has 0 heterocycles. The van der Waals surface area contributed by atoms with Gasteiger partial charge in [0.2, 0.25) is 0 Å². The second-order valence-electron chi connectivity index (χ2n) is 6.95. The van der Waals surface area contributed by atoms with Gasteiger partial charge in [0.25, 0.3) is 0 Å². The van der Waals surface area contributed by atoms with Crippen molar-refractivity contribution in [2.45, 2.75) is 39.5 Å². The lowest BCUT2D eigenvalue weighted by Crippen LogP contribution is -2.35. The lowest BCUT2D eigenvalue weighted by atomic mass is 10.1. The van der Waals surface area contributed by atoms with Gasteiger partial charge in [-0.05, 0) is 31.9 Å². The molecule has 0 aromatic heterocycles. The lowest BCUT2D eigenvalue weighted by Gasteiger charge is -2.24. The molecule has 1 aromatic carbocycles. The van der Waals surface area contributed by atoms with E-state index in [0.29, 0.717) is 13.1 Å². The van der Waals surface area contributed by atoms with E-state index in [0.717, 1.165) is 17.1 Å². The van der Waals surface area contributed by atoms with Crippen LogP contribution >= 0.6 is 24.0 Å². The number of rotatable bonds is 4. The van der Waals surface area contributed by atoms with Gasteiger partial charge in [0.05, 0.1) is 0 Å². The van der Waals surface area contributed by atoms with E-state index < -0.39 is 5.60 Å². The summed E-state index contributed by atoms with van der Waals surface area (Å²) in [6, 6.07) is 8.15. The molecule has 7 heteroatoms. The van der Waals surface area contributed by atoms with E-state index in [2.05, 4.69) is 10.3 Å². The van der Waals surface area contributed by atoms with Gasteiger partial charge >= 0.3 is 6.09 Å². The Morgan fingerprint density at radius 3 is 2.08 bits per heavy atom. The van der Waals surface area contributed by atoms with E-state index in [1.165, 1.54) is 0 Å². The predicted octanol–water partition coefficient (Wildman–Crippen LogP) is 3.31. The molecule has 1 N–H and O–H groups in total. The van der Waals surface area contributed by atoms with Gasteiger partial charge in [-0.2, -0.15) is 0 Å². The summed E-state index contributed by atoms with van der Waals surface area (Å²) in [7, 11) is 7.40. The third kappa shape index (κ3) is 8.94. The highest BCUT2D eigenvalue weighted by Gasteiger charge is 2.19. The van der Waals surface area contributed by atoms with Crippen LogP contribution in [0.5, 0.6) is 0 Å². The Morgan fingerprint density at radius 2 is 1.64 bits per heavy atom. The smallest absolute Gasteiger partial charge is 0.410 e. The van der Waals surface area contributed by atoms with Gasteiger partial charge in [-0.1, -0.05) is 24.3 Å². The molecular formula is C18H31IN4O2. The van der Waals surface area contributed by atoms with E-state index in [-0.39, 0.29) is 30.1 Å². The zero-order valence-electron chi connectivity index (χ0n) is 16.3. The van der Waals surface area contributed by atoms with Crippen molar-refractivity contribution in [3.63, 3.8) is 0 Å². The number of halogens is 1. The summed E-state index contributed by atoms with van der Waals surface area (Å²) < 4.78 is 5.35. The van der Waals surface area contributed by atoms with Crippen molar-refractivity contribution in [2.24, 2.45) is 4.99 Å². The van der Waals surface area contributed by atoms with Crippen LogP contribution in [-0.4, -0.2) is 55.6 Å². The second-order valence-corrected chi connectivity index (χ2v) is 6.95. The number of ether oxygens (including phenoxy) is 1. The number of aliphatic imine (C=N–C) groups is 1. The molecule has 0 fully saturated rings. The van der Waals surface area contributed by atoms with Crippen molar-refractivity contribution in [1.82, 2.24) is 15.1 Å². The van der Waals surface area contributed by atoms with Crippen LogP contribution in [0.4, 0.5) is 4.79 Å². The first-order chi connectivity index (χ1) is 11.1. The van der Waals surface area contributed by atoms with Gasteiger partial charge in [-0.25, -0.2) is 4.79 Å². The third-order valence-electron chi connectivity index (χ3n) is 3.23. The number of carbonyl (C=O) groups excluding carboxylic acids is 1. The average molecular weight is 462 g/mol. The Bertz CT molecular complexity index is 565. The van der Waals surface area contributed by atoms with Crippen LogP contribution in [0.15, 0.2) is 29.3 Å². The SMILES string of the molecule is CN=C(NCc1ccc(CN(C)C(=O)OC(C)(C)C)cc1)N(C)C.I. The molecule has 0 saturated carbocycles. The van der Waals surface area contributed by atoms with E-state index in [1.54, 1.807) is 19.0 Å². The zero-order chi connectivity index (χ0) is 18.3. The Labute approximate surface area is 168 Å². The first-order valence-electron chi connectivity index (χ1n) is 8.02. The summed E-state index contributed by atoms with van der Waals surface area (Å²) in [4.78, 5) is 19.7. The molecule has 0 aliphatic heterocycles. The standard InChI is InChI=1S/C18H30N4O2.HI/c1-18(2,3)24-17(23)22(7)13-15-10-8-14(9-11-15)12-20-16(19-4)21(5)6;/h8-11H,12-13H2,1-7H3,(H,19,20);1H. The number of hydrogen-bond donors (Lipinski definition) is 1. The summed E-state index contributed by atoms with van der Waals surface area (Å²) in [5.41, 5.74) is 1.73. The van der Waals surface area contributed by atoms with Gasteiger partial charge in [0.15, 0.2) is 5.96 Å². The molecule has 0 atom stereocenters. The van der Waals surface area contributed by atoms with Crippen molar-refractivity contribution in [3.8, 4) is 0 Å². The van der Waals surface area contributed by atoms with Gasteiger partial charge in [0.1, 0.15) is 5.60 Å². The highest BCUT2D eigenvalue weighted by Crippen LogP contribution is 2.12. The minimum atomic E-state index is -0.480. The quantitative estimate of drug-likeness (QED) is 0.424. The molecule has 142 valence electrons. The number of guanidine groups is 1. The van der Waals surface area contributed by atoms with Crippen LogP contribution in [0.3, 0.4) is 0 Å². The maximum absolute atomic E-state index is 12.0. The van der Waals surface area contributed by atoms with Crippen molar-refractivity contribution in [3.05, 3.63) is 35.4 Å². The van der Waals surface area contributed by atoms with Crippen LogP contribution in [0.1, 0.15) is 31.9 Å². The molecule has 0 bridgehead atoms. The molecule has 1 amide bonds. The molecule has 1 aromatic rings. The minimum absolute atomic E-state index is 0. The van der Waals surface area contributed by atoms with Crippen molar-refractivity contribution in [1.29, 1.82) is 0 Å². The van der Waals surface area contributed by atoms with E-state index in [4.69, 9.17) is 4.74 Å². The molecule has 0 aliphatic carbocycles. The Kier molecular flexibility index (Phi) is 9.84. The van der Waals surface area contributed by atoms with Gasteiger partial charge < -0.3 is 19.9 Å². The first-order valence-corrected chi connectivity index (χ1v) is 8.02. The number of carbonyl (C=O) groups is 1. The minimum Gasteiger partial charge on any atom is -0.444 e. The topological polar surface area (TPSA) is 57.2 Å². The number of benzene rings is 1. The predicted molar refractivity (Wildman–Crippen MR) is 113 cm³/mol. The van der Waals surface area contributed by atoms with Gasteiger partial charge in [-0.15, -0.1) is 24.0 Å². The number of nitrogens with one attached hydrogen (secondary N) is 1. The summed E-state index contributed by atoms with van der Waals surface area (Å²) in [6.45, 7) is 6.81. The molecule has 1 rings (SSSR count). The van der Waals surface area contributed by atoms with Crippen LogP contribution in [-0.2, 0) is 17.8 Å². The highest BCUT2D eigenvalue weighted by atomic mass is 127. The highest BCUT2D eigenvalue weighted by molar-refractivity contribution is 14.0. The van der Waals surface area contributed by atoms with E-state index in [9.17, 15) is 4.79 Å². The maximum atomic E-state index is 12.0. The summed E-state index contributed by atoms with van der Waals surface area (Å²) >= 11 is 0. The molecule has 6 nitrogen and oxygen atoms in total. The van der Waals surface area contributed by atoms with Gasteiger partial charge in [-0.3, -0.25) is 4.99 Å². The first kappa shape index (κ1) is 23.5. The molecule has 0 radical (unpaired) electrons. The van der Waals surface area contributed by atoms with E-state index >= 15 is 0 Å². The van der Waals surface area contributed by atoms with Gasteiger partial charge in [0, 0.05) is 41.3 Å². The Hall–Kier alpha value is -1.51. The molecule has 0 aliphatic rings. The van der Waals surface area contributed by atoms with Crippen LogP contribution in [0, 0.1) is 0 Å². The lowest BCUT2D eigenvalue weighted by molar-refractivity contribution is 0.0285. The molecule has 0 spiro atoms. The second kappa shape index (κ2) is 10.5. The number of amides is 1. The van der Waals surface area contributed by atoms with Crippen molar-refractivity contribution >= 4 is 36.0 Å². The average Bonchev–Trinajstić information content (AvgIpc) is 2.47. The zero-order valence-corrected chi connectivity index (χ0v) is 18.6. The summed E-state index contributed by atoms with van der Waals surface area (Å²) in [5.74, 6) is 0.837. The molecular weight excluding hydrogens is 431 g/mol. The summed E-state index contributed by atoms with van der Waals surface area (Å²) in [6.07, 6.45) is -0.317. The Morgan fingerprint density at radius 1 is 1.12 bits per heavy atom. The maximum Gasteiger partial charge on any atom is 0.410 e. The fraction of sp³-hybridized carbons (Fsp3) is 0.556. The number of nitrogens with zero attached hydrogens (tertiary/aromatic N) is 3. The number of hydrogen-bond acceptors (Lipinski definition) is 3.